The third-order valence-electron chi connectivity index (χ3n) is 2.01. The molecule has 1 rings (SSSR count). The summed E-state index contributed by atoms with van der Waals surface area (Å²) in [6, 6.07) is 1.96. The molecule has 0 aliphatic heterocycles. The Bertz CT molecular complexity index is 279. The molecule has 0 saturated heterocycles. The Morgan fingerprint density at radius 2 is 2.20 bits per heavy atom. The number of aryl methyl sites for hydroxylation is 1. The normalized spacial score (nSPS) is 10.3. The molecule has 0 aliphatic carbocycles. The number of aromatic nitrogens is 1. The van der Waals surface area contributed by atoms with Gasteiger partial charge in [0.25, 0.3) is 0 Å². The van der Waals surface area contributed by atoms with Crippen LogP contribution in [0.1, 0.15) is 5.56 Å². The van der Waals surface area contributed by atoms with Crippen LogP contribution in [0.25, 0.3) is 0 Å². The molecule has 0 bridgehead atoms. The maximum absolute atomic E-state index is 5.33. The van der Waals surface area contributed by atoms with Crippen molar-refractivity contribution in [3.8, 4) is 0 Å². The van der Waals surface area contributed by atoms with E-state index in [0.29, 0.717) is 19.8 Å². The van der Waals surface area contributed by atoms with E-state index in [1.807, 2.05) is 19.2 Å². The van der Waals surface area contributed by atoms with Gasteiger partial charge in [0.15, 0.2) is 0 Å². The van der Waals surface area contributed by atoms with Crippen LogP contribution in [-0.2, 0) is 9.47 Å². The van der Waals surface area contributed by atoms with Crippen LogP contribution < -0.4 is 5.32 Å². The van der Waals surface area contributed by atoms with E-state index in [1.165, 1.54) is 0 Å². The van der Waals surface area contributed by atoms with Crippen molar-refractivity contribution in [1.82, 2.24) is 4.98 Å². The van der Waals surface area contributed by atoms with Crippen LogP contribution in [0.2, 0.25) is 0 Å². The first-order valence-electron chi connectivity index (χ1n) is 5.05. The largest absolute Gasteiger partial charge is 0.382 e. The van der Waals surface area contributed by atoms with Crippen molar-refractivity contribution >= 4 is 5.69 Å². The maximum atomic E-state index is 5.33. The molecule has 0 unspecified atom stereocenters. The molecular formula is C11H18N2O2. The second-order valence-corrected chi connectivity index (χ2v) is 3.22. The Labute approximate surface area is 90.6 Å². The van der Waals surface area contributed by atoms with Crippen LogP contribution in [0.5, 0.6) is 0 Å². The van der Waals surface area contributed by atoms with Crippen molar-refractivity contribution < 1.29 is 9.47 Å². The van der Waals surface area contributed by atoms with Crippen LogP contribution in [-0.4, -0.2) is 38.5 Å². The predicted octanol–water partition coefficient (Wildman–Crippen LogP) is 1.46. The Kier molecular flexibility index (Phi) is 5.73. The molecule has 0 atom stereocenters. The molecule has 84 valence electrons. The molecule has 1 heterocycles. The lowest BCUT2D eigenvalue weighted by atomic mass is 10.2. The second-order valence-electron chi connectivity index (χ2n) is 3.22. The molecule has 0 spiro atoms. The Morgan fingerprint density at radius 3 is 2.93 bits per heavy atom. The summed E-state index contributed by atoms with van der Waals surface area (Å²) in [5, 5.41) is 3.28. The Hall–Kier alpha value is -1.13. The Balaban J connectivity index is 2.12. The van der Waals surface area contributed by atoms with Gasteiger partial charge in [-0.2, -0.15) is 0 Å². The van der Waals surface area contributed by atoms with Crippen LogP contribution in [0, 0.1) is 6.92 Å². The molecule has 0 fully saturated rings. The first-order valence-corrected chi connectivity index (χ1v) is 5.05. The summed E-state index contributed by atoms with van der Waals surface area (Å²) >= 11 is 0. The van der Waals surface area contributed by atoms with Gasteiger partial charge in [-0.1, -0.05) is 0 Å². The minimum atomic E-state index is 0.646. The standard InChI is InChI=1S/C11H18N2O2/c1-10-9-12-4-3-11(10)13-5-6-15-8-7-14-2/h3-4,9H,5-8H2,1-2H3,(H,12,13). The van der Waals surface area contributed by atoms with Crippen molar-refractivity contribution in [1.29, 1.82) is 0 Å². The molecule has 0 saturated carbocycles. The lowest BCUT2D eigenvalue weighted by Gasteiger charge is -2.08. The van der Waals surface area contributed by atoms with Crippen LogP contribution in [0.15, 0.2) is 18.5 Å². The van der Waals surface area contributed by atoms with Crippen molar-refractivity contribution in [2.45, 2.75) is 6.92 Å². The topological polar surface area (TPSA) is 43.4 Å². The van der Waals surface area contributed by atoms with Gasteiger partial charge in [0.1, 0.15) is 0 Å². The zero-order chi connectivity index (χ0) is 10.9. The third-order valence-corrected chi connectivity index (χ3v) is 2.01. The van der Waals surface area contributed by atoms with Crippen LogP contribution >= 0.6 is 0 Å². The van der Waals surface area contributed by atoms with Crippen LogP contribution in [0.3, 0.4) is 0 Å². The zero-order valence-electron chi connectivity index (χ0n) is 9.32. The van der Waals surface area contributed by atoms with Gasteiger partial charge in [-0.15, -0.1) is 0 Å². The number of methoxy groups -OCH3 is 1. The van der Waals surface area contributed by atoms with Gasteiger partial charge in [0, 0.05) is 31.7 Å². The maximum Gasteiger partial charge on any atom is 0.0701 e. The monoisotopic (exact) mass is 210 g/mol. The number of anilines is 1. The number of nitrogens with zero attached hydrogens (tertiary/aromatic N) is 1. The average Bonchev–Trinajstić information content (AvgIpc) is 2.25. The third kappa shape index (κ3) is 4.76. The van der Waals surface area contributed by atoms with E-state index in [9.17, 15) is 0 Å². The molecular weight excluding hydrogens is 192 g/mol. The molecule has 0 aliphatic rings. The Morgan fingerprint density at radius 1 is 1.33 bits per heavy atom. The van der Waals surface area contributed by atoms with Gasteiger partial charge in [0.05, 0.1) is 19.8 Å². The number of hydrogen-bond acceptors (Lipinski definition) is 4. The molecule has 15 heavy (non-hydrogen) atoms. The van der Waals surface area contributed by atoms with E-state index >= 15 is 0 Å². The molecule has 1 aromatic rings. The summed E-state index contributed by atoms with van der Waals surface area (Å²) in [5.74, 6) is 0. The quantitative estimate of drug-likeness (QED) is 0.692. The summed E-state index contributed by atoms with van der Waals surface area (Å²) in [6.07, 6.45) is 3.62. The molecule has 1 aromatic heterocycles. The fraction of sp³-hybridized carbons (Fsp3) is 0.545. The highest BCUT2D eigenvalue weighted by Crippen LogP contribution is 2.10. The number of nitrogens with one attached hydrogen (secondary N) is 1. The van der Waals surface area contributed by atoms with E-state index in [-0.39, 0.29) is 0 Å². The fourth-order valence-electron chi connectivity index (χ4n) is 1.17. The van der Waals surface area contributed by atoms with Gasteiger partial charge in [0.2, 0.25) is 0 Å². The first kappa shape index (κ1) is 11.9. The van der Waals surface area contributed by atoms with E-state index < -0.39 is 0 Å². The molecule has 0 aromatic carbocycles. The van der Waals surface area contributed by atoms with E-state index in [4.69, 9.17) is 9.47 Å². The molecule has 0 amide bonds. The van der Waals surface area contributed by atoms with Crippen LogP contribution in [0.4, 0.5) is 5.69 Å². The SMILES string of the molecule is COCCOCCNc1ccncc1C. The molecule has 4 heteroatoms. The van der Waals surface area contributed by atoms with Crippen molar-refractivity contribution in [3.63, 3.8) is 0 Å². The summed E-state index contributed by atoms with van der Waals surface area (Å²) in [6.45, 7) is 4.81. The van der Waals surface area contributed by atoms with Gasteiger partial charge in [-0.3, -0.25) is 4.98 Å². The zero-order valence-corrected chi connectivity index (χ0v) is 9.32. The van der Waals surface area contributed by atoms with Crippen molar-refractivity contribution in [3.05, 3.63) is 24.0 Å². The average molecular weight is 210 g/mol. The predicted molar refractivity (Wildman–Crippen MR) is 60.2 cm³/mol. The van der Waals surface area contributed by atoms with Gasteiger partial charge in [-0.25, -0.2) is 0 Å². The first-order chi connectivity index (χ1) is 7.34. The summed E-state index contributed by atoms with van der Waals surface area (Å²) in [5.41, 5.74) is 2.26. The van der Waals surface area contributed by atoms with Crippen molar-refractivity contribution in [2.75, 3.05) is 38.8 Å². The fourth-order valence-corrected chi connectivity index (χ4v) is 1.17. The number of rotatable bonds is 7. The summed E-state index contributed by atoms with van der Waals surface area (Å²) in [4.78, 5) is 4.03. The van der Waals surface area contributed by atoms with E-state index in [1.54, 1.807) is 13.3 Å². The lowest BCUT2D eigenvalue weighted by Crippen LogP contribution is -2.12. The highest BCUT2D eigenvalue weighted by atomic mass is 16.5. The van der Waals surface area contributed by atoms with Gasteiger partial charge < -0.3 is 14.8 Å². The molecule has 1 N–H and O–H groups in total. The smallest absolute Gasteiger partial charge is 0.0701 e. The minimum absolute atomic E-state index is 0.646. The lowest BCUT2D eigenvalue weighted by molar-refractivity contribution is 0.0759. The summed E-state index contributed by atoms with van der Waals surface area (Å²) in [7, 11) is 1.67. The summed E-state index contributed by atoms with van der Waals surface area (Å²) < 4.78 is 10.2. The van der Waals surface area contributed by atoms with Gasteiger partial charge in [-0.05, 0) is 18.6 Å². The van der Waals surface area contributed by atoms with E-state index in [2.05, 4.69) is 10.3 Å². The second kappa shape index (κ2) is 7.20. The number of pyridine rings is 1. The number of hydrogen-bond donors (Lipinski definition) is 1. The molecule has 0 radical (unpaired) electrons. The van der Waals surface area contributed by atoms with Gasteiger partial charge >= 0.3 is 0 Å². The molecule has 4 nitrogen and oxygen atoms in total. The minimum Gasteiger partial charge on any atom is -0.382 e. The van der Waals surface area contributed by atoms with Crippen molar-refractivity contribution in [2.24, 2.45) is 0 Å². The highest BCUT2D eigenvalue weighted by Gasteiger charge is 1.95. The highest BCUT2D eigenvalue weighted by molar-refractivity contribution is 5.48. The van der Waals surface area contributed by atoms with E-state index in [0.717, 1.165) is 17.8 Å². The number of ether oxygens (including phenoxy) is 2.